The molecule has 1 amide bonds. The van der Waals surface area contributed by atoms with Gasteiger partial charge in [0.25, 0.3) is 5.56 Å². The molecule has 3 heterocycles. The van der Waals surface area contributed by atoms with E-state index in [-0.39, 0.29) is 17.2 Å². The van der Waals surface area contributed by atoms with E-state index in [4.69, 9.17) is 4.98 Å². The van der Waals surface area contributed by atoms with Gasteiger partial charge in [0.2, 0.25) is 5.91 Å². The number of aromatic nitrogens is 4. The number of para-hydroxylation sites is 1. The molecule has 0 saturated carbocycles. The number of nitrogens with one attached hydrogen (secondary N) is 1. The molecule has 0 bridgehead atoms. The predicted molar refractivity (Wildman–Crippen MR) is 138 cm³/mol. The predicted octanol–water partition coefficient (Wildman–Crippen LogP) is 4.02. The molecule has 5 rings (SSSR count). The number of fused-ring (bicyclic) bond motifs is 3. The summed E-state index contributed by atoms with van der Waals surface area (Å²) in [5.41, 5.74) is 4.67. The fourth-order valence-corrected chi connectivity index (χ4v) is 5.49. The fourth-order valence-electron chi connectivity index (χ4n) is 4.62. The van der Waals surface area contributed by atoms with Gasteiger partial charge in [-0.1, -0.05) is 60.6 Å². The lowest BCUT2D eigenvalue weighted by atomic mass is 10.1. The Labute approximate surface area is 208 Å². The van der Waals surface area contributed by atoms with Crippen LogP contribution < -0.4 is 10.9 Å². The summed E-state index contributed by atoms with van der Waals surface area (Å²) in [5, 5.41) is 8.34. The number of benzene rings is 2. The second kappa shape index (κ2) is 10.5. The first-order valence-electron chi connectivity index (χ1n) is 12.1. The summed E-state index contributed by atoms with van der Waals surface area (Å²) in [5.74, 6) is 0.706. The average Bonchev–Trinajstić information content (AvgIpc) is 3.03. The lowest BCUT2D eigenvalue weighted by Crippen LogP contribution is -2.28. The summed E-state index contributed by atoms with van der Waals surface area (Å²) >= 11 is 1.42. The van der Waals surface area contributed by atoms with Crippen LogP contribution in [0.25, 0.3) is 17.1 Å². The van der Waals surface area contributed by atoms with Crippen LogP contribution in [0.5, 0.6) is 0 Å². The van der Waals surface area contributed by atoms with Gasteiger partial charge in [0, 0.05) is 18.8 Å². The monoisotopic (exact) mass is 487 g/mol. The van der Waals surface area contributed by atoms with Crippen LogP contribution in [0.4, 0.5) is 0 Å². The molecule has 0 spiro atoms. The molecular formula is C27H29N5O2S. The minimum Gasteiger partial charge on any atom is -0.355 e. The molecule has 1 N–H and O–H groups in total. The third kappa shape index (κ3) is 5.03. The molecule has 0 unspecified atom stereocenters. The molecule has 2 aromatic rings. The quantitative estimate of drug-likeness (QED) is 0.315. The molecular weight excluding hydrogens is 458 g/mol. The Balaban J connectivity index is 1.36. The highest BCUT2D eigenvalue weighted by molar-refractivity contribution is 7.99. The van der Waals surface area contributed by atoms with Gasteiger partial charge < -0.3 is 9.88 Å². The number of hydrogen-bond acceptors (Lipinski definition) is 5. The smallest absolute Gasteiger partial charge is 0.284 e. The van der Waals surface area contributed by atoms with E-state index in [1.54, 1.807) is 0 Å². The zero-order chi connectivity index (χ0) is 24.2. The highest BCUT2D eigenvalue weighted by atomic mass is 32.2. The third-order valence-corrected chi connectivity index (χ3v) is 7.45. The molecule has 35 heavy (non-hydrogen) atoms. The van der Waals surface area contributed by atoms with Gasteiger partial charge in [-0.15, -0.1) is 5.10 Å². The first kappa shape index (κ1) is 23.4. The van der Waals surface area contributed by atoms with Crippen LogP contribution in [0, 0.1) is 6.92 Å². The topological polar surface area (TPSA) is 81.8 Å². The van der Waals surface area contributed by atoms with Crippen LogP contribution in [0.15, 0.2) is 64.5 Å². The molecule has 0 aliphatic carbocycles. The first-order chi connectivity index (χ1) is 17.1. The van der Waals surface area contributed by atoms with E-state index >= 15 is 0 Å². The SMILES string of the molecule is Cc1ccccc1CCNC(=O)CSc1nc2nn(-c3ccccc3)c(=O)c-2c2n1CCCCC2. The minimum absolute atomic E-state index is 0.0206. The van der Waals surface area contributed by atoms with Crippen molar-refractivity contribution in [3.8, 4) is 17.1 Å². The number of carbonyl (C=O) groups excluding carboxylic acids is 1. The van der Waals surface area contributed by atoms with Crippen LogP contribution in [0.1, 0.15) is 36.1 Å². The molecule has 0 fully saturated rings. The maximum atomic E-state index is 13.3. The summed E-state index contributed by atoms with van der Waals surface area (Å²) in [6.45, 7) is 3.48. The summed E-state index contributed by atoms with van der Waals surface area (Å²) in [6, 6.07) is 17.7. The van der Waals surface area contributed by atoms with Crippen LogP contribution in [0.3, 0.4) is 0 Å². The van der Waals surface area contributed by atoms with Gasteiger partial charge >= 0.3 is 0 Å². The number of aryl methyl sites for hydroxylation is 1. The second-order valence-corrected chi connectivity index (χ2v) is 9.81. The van der Waals surface area contributed by atoms with E-state index in [1.807, 2.05) is 42.5 Å². The van der Waals surface area contributed by atoms with E-state index in [2.05, 4.69) is 34.0 Å². The van der Waals surface area contributed by atoms with E-state index in [0.29, 0.717) is 17.9 Å². The van der Waals surface area contributed by atoms with Gasteiger partial charge in [-0.3, -0.25) is 9.59 Å². The molecule has 0 aromatic heterocycles. The first-order valence-corrected chi connectivity index (χ1v) is 13.1. The summed E-state index contributed by atoms with van der Waals surface area (Å²) in [7, 11) is 0. The molecule has 3 aliphatic rings. The fraction of sp³-hybridized carbons (Fsp3) is 0.333. The van der Waals surface area contributed by atoms with Gasteiger partial charge in [0.05, 0.1) is 11.4 Å². The van der Waals surface area contributed by atoms with Crippen molar-refractivity contribution in [3.05, 3.63) is 81.8 Å². The van der Waals surface area contributed by atoms with Crippen molar-refractivity contribution in [2.24, 2.45) is 0 Å². The van der Waals surface area contributed by atoms with Crippen LogP contribution >= 0.6 is 11.8 Å². The molecule has 2 aromatic carbocycles. The van der Waals surface area contributed by atoms with E-state index in [9.17, 15) is 9.59 Å². The Hall–Kier alpha value is -3.39. The van der Waals surface area contributed by atoms with Gasteiger partial charge in [-0.05, 0) is 55.9 Å². The highest BCUT2D eigenvalue weighted by Gasteiger charge is 2.27. The van der Waals surface area contributed by atoms with Crippen molar-refractivity contribution in [2.75, 3.05) is 12.3 Å². The number of amides is 1. The van der Waals surface area contributed by atoms with Gasteiger partial charge in [-0.25, -0.2) is 4.98 Å². The molecule has 0 saturated heterocycles. The van der Waals surface area contributed by atoms with Crippen molar-refractivity contribution >= 4 is 17.7 Å². The Morgan fingerprint density at radius 3 is 2.69 bits per heavy atom. The van der Waals surface area contributed by atoms with Crippen LogP contribution in [0.2, 0.25) is 0 Å². The molecule has 8 heteroatoms. The van der Waals surface area contributed by atoms with Crippen LogP contribution in [-0.4, -0.2) is 37.5 Å². The van der Waals surface area contributed by atoms with Crippen LogP contribution in [-0.2, 0) is 24.2 Å². The molecule has 180 valence electrons. The Morgan fingerprint density at radius 2 is 1.86 bits per heavy atom. The largest absolute Gasteiger partial charge is 0.355 e. The van der Waals surface area contributed by atoms with E-state index in [0.717, 1.165) is 55.2 Å². The molecule has 0 radical (unpaired) electrons. The maximum Gasteiger partial charge on any atom is 0.284 e. The molecule has 7 nitrogen and oxygen atoms in total. The average molecular weight is 488 g/mol. The van der Waals surface area contributed by atoms with E-state index < -0.39 is 0 Å². The maximum absolute atomic E-state index is 13.3. The van der Waals surface area contributed by atoms with Crippen molar-refractivity contribution < 1.29 is 4.79 Å². The van der Waals surface area contributed by atoms with Crippen molar-refractivity contribution in [1.29, 1.82) is 0 Å². The summed E-state index contributed by atoms with van der Waals surface area (Å²) in [4.78, 5) is 30.7. The minimum atomic E-state index is -0.130. The zero-order valence-electron chi connectivity index (χ0n) is 19.9. The van der Waals surface area contributed by atoms with Crippen molar-refractivity contribution in [2.45, 2.75) is 50.7 Å². The third-order valence-electron chi connectivity index (χ3n) is 6.48. The Kier molecular flexibility index (Phi) is 6.99. The van der Waals surface area contributed by atoms with Gasteiger partial charge in [0.1, 0.15) is 5.56 Å². The number of nitrogens with zero attached hydrogens (tertiary/aromatic N) is 4. The normalized spacial score (nSPS) is 13.4. The van der Waals surface area contributed by atoms with Gasteiger partial charge in [0.15, 0.2) is 11.0 Å². The second-order valence-electron chi connectivity index (χ2n) is 8.87. The highest BCUT2D eigenvalue weighted by Crippen LogP contribution is 2.30. The van der Waals surface area contributed by atoms with Crippen molar-refractivity contribution in [3.63, 3.8) is 0 Å². The number of rotatable bonds is 7. The number of carbonyl (C=O) groups is 1. The number of hydrogen-bond donors (Lipinski definition) is 1. The van der Waals surface area contributed by atoms with E-state index in [1.165, 1.54) is 27.6 Å². The summed E-state index contributed by atoms with van der Waals surface area (Å²) in [6.07, 6.45) is 4.78. The van der Waals surface area contributed by atoms with Crippen molar-refractivity contribution in [1.82, 2.24) is 24.6 Å². The summed E-state index contributed by atoms with van der Waals surface area (Å²) < 4.78 is 3.58. The number of thioether (sulfide) groups is 1. The Morgan fingerprint density at radius 1 is 1.06 bits per heavy atom. The van der Waals surface area contributed by atoms with Gasteiger partial charge in [-0.2, -0.15) is 4.68 Å². The molecule has 3 aliphatic heterocycles. The molecule has 0 atom stereocenters. The lowest BCUT2D eigenvalue weighted by molar-refractivity contribution is -0.118. The lowest BCUT2D eigenvalue weighted by Gasteiger charge is -2.17. The Bertz CT molecular complexity index is 1360. The standard InChI is InChI=1S/C27H29N5O2S/c1-19-10-7-8-11-20(19)15-16-28-23(33)18-35-27-29-25-24(22-14-6-3-9-17-31(22)27)26(34)32(30-25)21-12-4-2-5-13-21/h2,4-5,7-8,10-13H,3,6,9,14-18H2,1H3,(H,28,33). The zero-order valence-corrected chi connectivity index (χ0v) is 20.7.